The molecule has 1 aromatic rings. The van der Waals surface area contributed by atoms with Gasteiger partial charge in [-0.3, -0.25) is 0 Å². The second-order valence-corrected chi connectivity index (χ2v) is 3.76. The molecule has 0 unspecified atom stereocenters. The van der Waals surface area contributed by atoms with E-state index in [9.17, 15) is 18.3 Å². The molecule has 1 aromatic carbocycles. The summed E-state index contributed by atoms with van der Waals surface area (Å²) in [5.74, 6) is -3.74. The van der Waals surface area contributed by atoms with Crippen molar-refractivity contribution in [1.82, 2.24) is 0 Å². The first kappa shape index (κ1) is 9.80. The van der Waals surface area contributed by atoms with E-state index in [1.165, 1.54) is 0 Å². The molecule has 5 heteroatoms. The third kappa shape index (κ3) is 1.29. The van der Waals surface area contributed by atoms with Crippen LogP contribution in [0.25, 0.3) is 0 Å². The minimum atomic E-state index is -1.42. The molecule has 2 rings (SSSR count). The summed E-state index contributed by atoms with van der Waals surface area (Å²) in [5.41, 5.74) is -1.62. The van der Waals surface area contributed by atoms with Crippen LogP contribution in [0.15, 0.2) is 6.07 Å². The predicted octanol–water partition coefficient (Wildman–Crippen LogP) is 2.74. The van der Waals surface area contributed by atoms with E-state index in [1.807, 2.05) is 0 Å². The fourth-order valence-electron chi connectivity index (χ4n) is 1.30. The predicted molar refractivity (Wildman–Crippen MR) is 44.5 cm³/mol. The van der Waals surface area contributed by atoms with E-state index < -0.39 is 28.1 Å². The van der Waals surface area contributed by atoms with E-state index in [0.29, 0.717) is 18.9 Å². The van der Waals surface area contributed by atoms with Crippen LogP contribution in [0.5, 0.6) is 0 Å². The molecule has 0 aromatic heterocycles. The Hall–Kier alpha value is -0.740. The lowest BCUT2D eigenvalue weighted by molar-refractivity contribution is 0.146. The third-order valence-electron chi connectivity index (χ3n) is 2.33. The summed E-state index contributed by atoms with van der Waals surface area (Å²) in [6, 6.07) is 0.656. The van der Waals surface area contributed by atoms with E-state index in [1.54, 1.807) is 0 Å². The van der Waals surface area contributed by atoms with Crippen LogP contribution in [-0.2, 0) is 5.60 Å². The molecule has 1 saturated carbocycles. The second-order valence-electron chi connectivity index (χ2n) is 3.38. The third-order valence-corrected chi connectivity index (χ3v) is 2.66. The van der Waals surface area contributed by atoms with Gasteiger partial charge in [0.05, 0.1) is 5.60 Å². The maximum atomic E-state index is 13.3. The summed E-state index contributed by atoms with van der Waals surface area (Å²) in [5, 5.41) is 8.63. The van der Waals surface area contributed by atoms with Crippen molar-refractivity contribution in [1.29, 1.82) is 0 Å². The minimum absolute atomic E-state index is 0.263. The van der Waals surface area contributed by atoms with Gasteiger partial charge >= 0.3 is 0 Å². The normalized spacial score (nSPS) is 18.4. The van der Waals surface area contributed by atoms with Gasteiger partial charge in [0.2, 0.25) is 0 Å². The number of hydrogen-bond donors (Lipinski definition) is 1. The zero-order valence-electron chi connectivity index (χ0n) is 6.95. The van der Waals surface area contributed by atoms with Gasteiger partial charge in [0.1, 0.15) is 5.02 Å². The van der Waals surface area contributed by atoms with Gasteiger partial charge in [0, 0.05) is 5.56 Å². The van der Waals surface area contributed by atoms with Gasteiger partial charge < -0.3 is 5.11 Å². The molecule has 1 aliphatic carbocycles. The quantitative estimate of drug-likeness (QED) is 0.572. The summed E-state index contributed by atoms with van der Waals surface area (Å²) in [6.07, 6.45) is 0.677. The minimum Gasteiger partial charge on any atom is -0.385 e. The Kier molecular flexibility index (Phi) is 2.01. The Morgan fingerprint density at radius 1 is 1.21 bits per heavy atom. The van der Waals surface area contributed by atoms with Gasteiger partial charge in [-0.25, -0.2) is 13.2 Å². The maximum Gasteiger partial charge on any atom is 0.180 e. The standard InChI is InChI=1S/C9H6ClF3O/c10-6-7(12)4(9(14)1-2-9)3-5(11)8(6)13/h3,14H,1-2H2. The largest absolute Gasteiger partial charge is 0.385 e. The number of benzene rings is 1. The topological polar surface area (TPSA) is 20.2 Å². The summed E-state index contributed by atoms with van der Waals surface area (Å²) in [4.78, 5) is 0. The molecule has 0 aliphatic heterocycles. The van der Waals surface area contributed by atoms with Crippen molar-refractivity contribution in [2.75, 3.05) is 0 Å². The molecular weight excluding hydrogens is 217 g/mol. The second kappa shape index (κ2) is 2.87. The highest BCUT2D eigenvalue weighted by molar-refractivity contribution is 6.31. The molecule has 0 atom stereocenters. The Morgan fingerprint density at radius 2 is 1.79 bits per heavy atom. The lowest BCUT2D eigenvalue weighted by Gasteiger charge is -2.11. The SMILES string of the molecule is OC1(c2cc(F)c(F)c(Cl)c2F)CC1. The zero-order chi connectivity index (χ0) is 10.5. The molecule has 1 nitrogen and oxygen atoms in total. The van der Waals surface area contributed by atoms with Crippen LogP contribution in [0, 0.1) is 17.5 Å². The maximum absolute atomic E-state index is 13.3. The van der Waals surface area contributed by atoms with Crippen molar-refractivity contribution >= 4 is 11.6 Å². The molecule has 0 saturated heterocycles. The van der Waals surface area contributed by atoms with E-state index in [0.717, 1.165) is 0 Å². The number of rotatable bonds is 1. The molecule has 0 amide bonds. The molecule has 0 radical (unpaired) electrons. The van der Waals surface area contributed by atoms with Crippen molar-refractivity contribution in [2.24, 2.45) is 0 Å². The molecule has 1 aliphatic rings. The van der Waals surface area contributed by atoms with Crippen LogP contribution < -0.4 is 0 Å². The Bertz CT molecular complexity index is 402. The molecule has 0 spiro atoms. The smallest absolute Gasteiger partial charge is 0.180 e. The first-order valence-electron chi connectivity index (χ1n) is 4.01. The molecule has 0 heterocycles. The van der Waals surface area contributed by atoms with Crippen molar-refractivity contribution in [2.45, 2.75) is 18.4 Å². The average molecular weight is 223 g/mol. The van der Waals surface area contributed by atoms with E-state index in [2.05, 4.69) is 0 Å². The van der Waals surface area contributed by atoms with Crippen LogP contribution in [0.2, 0.25) is 5.02 Å². The van der Waals surface area contributed by atoms with Crippen molar-refractivity contribution in [3.8, 4) is 0 Å². The van der Waals surface area contributed by atoms with Crippen LogP contribution >= 0.6 is 11.6 Å². The highest BCUT2D eigenvalue weighted by atomic mass is 35.5. The first-order valence-corrected chi connectivity index (χ1v) is 4.39. The Balaban J connectivity index is 2.62. The van der Waals surface area contributed by atoms with Crippen molar-refractivity contribution in [3.63, 3.8) is 0 Å². The van der Waals surface area contributed by atoms with Crippen LogP contribution in [0.3, 0.4) is 0 Å². The first-order chi connectivity index (χ1) is 6.46. The monoisotopic (exact) mass is 222 g/mol. The zero-order valence-corrected chi connectivity index (χ0v) is 7.71. The fourth-order valence-corrected chi connectivity index (χ4v) is 1.49. The van der Waals surface area contributed by atoms with E-state index in [4.69, 9.17) is 11.6 Å². The highest BCUT2D eigenvalue weighted by Gasteiger charge is 2.45. The molecule has 1 fully saturated rings. The number of aliphatic hydroxyl groups is 1. The summed E-state index contributed by atoms with van der Waals surface area (Å²) >= 11 is 5.22. The Morgan fingerprint density at radius 3 is 2.29 bits per heavy atom. The Labute approximate surface area is 83.1 Å². The summed E-state index contributed by atoms with van der Waals surface area (Å²) in [6.45, 7) is 0. The molecule has 0 bridgehead atoms. The van der Waals surface area contributed by atoms with Crippen LogP contribution in [-0.4, -0.2) is 5.11 Å². The molecule has 14 heavy (non-hydrogen) atoms. The lowest BCUT2D eigenvalue weighted by atomic mass is 10.1. The lowest BCUT2D eigenvalue weighted by Crippen LogP contribution is -2.09. The van der Waals surface area contributed by atoms with E-state index in [-0.39, 0.29) is 5.56 Å². The van der Waals surface area contributed by atoms with Crippen molar-refractivity contribution < 1.29 is 18.3 Å². The fraction of sp³-hybridized carbons (Fsp3) is 0.333. The average Bonchev–Trinajstić information content (AvgIpc) is 2.87. The van der Waals surface area contributed by atoms with Crippen molar-refractivity contribution in [3.05, 3.63) is 34.1 Å². The van der Waals surface area contributed by atoms with Gasteiger partial charge in [-0.05, 0) is 18.9 Å². The molecule has 76 valence electrons. The summed E-state index contributed by atoms with van der Waals surface area (Å²) in [7, 11) is 0. The molecular formula is C9H6ClF3O. The van der Waals surface area contributed by atoms with Crippen LogP contribution in [0.1, 0.15) is 18.4 Å². The van der Waals surface area contributed by atoms with Gasteiger partial charge in [-0.2, -0.15) is 0 Å². The van der Waals surface area contributed by atoms with Gasteiger partial charge in [-0.15, -0.1) is 0 Å². The van der Waals surface area contributed by atoms with Gasteiger partial charge in [-0.1, -0.05) is 11.6 Å². The van der Waals surface area contributed by atoms with Gasteiger partial charge in [0.15, 0.2) is 17.5 Å². The highest BCUT2D eigenvalue weighted by Crippen LogP contribution is 2.47. The summed E-state index contributed by atoms with van der Waals surface area (Å²) < 4.78 is 38.9. The molecule has 1 N–H and O–H groups in total. The number of hydrogen-bond acceptors (Lipinski definition) is 1. The van der Waals surface area contributed by atoms with E-state index >= 15 is 0 Å². The van der Waals surface area contributed by atoms with Crippen LogP contribution in [0.4, 0.5) is 13.2 Å². The van der Waals surface area contributed by atoms with Gasteiger partial charge in [0.25, 0.3) is 0 Å². The number of halogens is 4.